The van der Waals surface area contributed by atoms with Crippen molar-refractivity contribution in [3.8, 4) is 22.3 Å². The minimum Gasteiger partial charge on any atom is -0.310 e. The molecule has 0 amide bonds. The average Bonchev–Trinajstić information content (AvgIpc) is 3.49. The van der Waals surface area contributed by atoms with Crippen LogP contribution in [0.2, 0.25) is 0 Å². The predicted molar refractivity (Wildman–Crippen MR) is 200 cm³/mol. The Balaban J connectivity index is 1.26. The monoisotopic (exact) mass is 603 g/mol. The Morgan fingerprint density at radius 3 is 1.76 bits per heavy atom. The molecule has 0 spiro atoms. The minimum atomic E-state index is 1.12. The van der Waals surface area contributed by atoms with Crippen LogP contribution < -0.4 is 4.90 Å². The van der Waals surface area contributed by atoms with Crippen molar-refractivity contribution >= 4 is 70.1 Å². The van der Waals surface area contributed by atoms with E-state index in [1.165, 1.54) is 64.0 Å². The molecule has 9 rings (SSSR count). The van der Waals surface area contributed by atoms with Gasteiger partial charge in [0.15, 0.2) is 0 Å². The van der Waals surface area contributed by atoms with E-state index >= 15 is 0 Å². The van der Waals surface area contributed by atoms with Crippen LogP contribution in [0.3, 0.4) is 0 Å². The van der Waals surface area contributed by atoms with Gasteiger partial charge in [0.2, 0.25) is 0 Å². The van der Waals surface area contributed by atoms with Gasteiger partial charge in [0.05, 0.1) is 5.69 Å². The van der Waals surface area contributed by atoms with E-state index in [1.54, 1.807) is 0 Å². The van der Waals surface area contributed by atoms with Crippen molar-refractivity contribution in [2.75, 3.05) is 4.90 Å². The van der Waals surface area contributed by atoms with Gasteiger partial charge in [0.1, 0.15) is 0 Å². The third-order valence-electron chi connectivity index (χ3n) is 9.04. The second-order valence-corrected chi connectivity index (χ2v) is 12.9. The molecule has 0 saturated carbocycles. The fraction of sp³-hybridized carbons (Fsp3) is 0. The van der Waals surface area contributed by atoms with E-state index in [-0.39, 0.29) is 0 Å². The van der Waals surface area contributed by atoms with Gasteiger partial charge < -0.3 is 4.90 Å². The molecule has 9 aromatic rings. The molecular formula is C44H29NS. The Morgan fingerprint density at radius 2 is 0.978 bits per heavy atom. The van der Waals surface area contributed by atoms with Crippen molar-refractivity contribution in [1.29, 1.82) is 0 Å². The van der Waals surface area contributed by atoms with Crippen molar-refractivity contribution < 1.29 is 0 Å². The molecule has 8 aromatic carbocycles. The van der Waals surface area contributed by atoms with E-state index in [4.69, 9.17) is 0 Å². The van der Waals surface area contributed by atoms with Gasteiger partial charge >= 0.3 is 0 Å². The zero-order chi connectivity index (χ0) is 30.5. The summed E-state index contributed by atoms with van der Waals surface area (Å²) >= 11 is 1.87. The molecule has 0 atom stereocenters. The number of hydrogen-bond acceptors (Lipinski definition) is 2. The summed E-state index contributed by atoms with van der Waals surface area (Å²) in [4.78, 5) is 2.42. The first-order valence-corrected chi connectivity index (χ1v) is 16.5. The Morgan fingerprint density at radius 1 is 0.348 bits per heavy atom. The van der Waals surface area contributed by atoms with Crippen LogP contribution in [0.15, 0.2) is 176 Å². The lowest BCUT2D eigenvalue weighted by Gasteiger charge is -2.28. The smallest absolute Gasteiger partial charge is 0.0540 e. The summed E-state index contributed by atoms with van der Waals surface area (Å²) in [5, 5.41) is 7.60. The van der Waals surface area contributed by atoms with Crippen LogP contribution >= 0.6 is 11.3 Å². The van der Waals surface area contributed by atoms with Gasteiger partial charge in [-0.2, -0.15) is 0 Å². The average molecular weight is 604 g/mol. The lowest BCUT2D eigenvalue weighted by molar-refractivity contribution is 1.30. The van der Waals surface area contributed by atoms with Gasteiger partial charge in [-0.3, -0.25) is 0 Å². The van der Waals surface area contributed by atoms with Gasteiger partial charge in [-0.25, -0.2) is 0 Å². The SMILES string of the molecule is c1ccc(-c2ccc(N(c3ccc4cc5sc6ccccc6c5cc4c3)c3ccc(-c4ccccc4)c4ccccc34)cc2)cc1. The van der Waals surface area contributed by atoms with E-state index < -0.39 is 0 Å². The quantitative estimate of drug-likeness (QED) is 0.189. The molecule has 0 aliphatic rings. The summed E-state index contributed by atoms with van der Waals surface area (Å²) in [6.07, 6.45) is 0. The maximum absolute atomic E-state index is 2.42. The summed E-state index contributed by atoms with van der Waals surface area (Å²) in [5.41, 5.74) is 8.31. The van der Waals surface area contributed by atoms with Crippen molar-refractivity contribution in [2.45, 2.75) is 0 Å². The first-order chi connectivity index (χ1) is 22.8. The molecule has 0 fully saturated rings. The molecule has 0 aliphatic heterocycles. The molecule has 2 heteroatoms. The number of anilines is 3. The third kappa shape index (κ3) is 4.54. The summed E-state index contributed by atoms with van der Waals surface area (Å²) < 4.78 is 2.66. The summed E-state index contributed by atoms with van der Waals surface area (Å²) in [6, 6.07) is 64.0. The van der Waals surface area contributed by atoms with Crippen LogP contribution in [0, 0.1) is 0 Å². The minimum absolute atomic E-state index is 1.12. The van der Waals surface area contributed by atoms with E-state index in [1.807, 2.05) is 11.3 Å². The lowest BCUT2D eigenvalue weighted by atomic mass is 9.96. The highest BCUT2D eigenvalue weighted by Crippen LogP contribution is 2.44. The number of rotatable bonds is 5. The highest BCUT2D eigenvalue weighted by atomic mass is 32.1. The van der Waals surface area contributed by atoms with E-state index in [0.717, 1.165) is 17.1 Å². The maximum Gasteiger partial charge on any atom is 0.0540 e. The van der Waals surface area contributed by atoms with Gasteiger partial charge in [-0.1, -0.05) is 127 Å². The van der Waals surface area contributed by atoms with Crippen molar-refractivity contribution in [1.82, 2.24) is 0 Å². The highest BCUT2D eigenvalue weighted by Gasteiger charge is 2.18. The molecule has 1 heterocycles. The molecule has 0 saturated heterocycles. The molecule has 0 unspecified atom stereocenters. The standard InChI is InChI=1S/C44H29NS/c1-3-11-30(12-4-1)31-19-22-35(23-20-31)45(42-26-25-37(32-13-5-2-6-14-32)38-15-7-8-16-39(38)42)36-24-21-33-29-44-41(28-34(33)27-36)40-17-9-10-18-43(40)46-44/h1-29H. The Labute approximate surface area is 272 Å². The molecule has 0 bridgehead atoms. The fourth-order valence-corrected chi connectivity index (χ4v) is 7.94. The summed E-state index contributed by atoms with van der Waals surface area (Å²) in [7, 11) is 0. The highest BCUT2D eigenvalue weighted by molar-refractivity contribution is 7.25. The first-order valence-electron chi connectivity index (χ1n) is 15.7. The number of nitrogens with zero attached hydrogens (tertiary/aromatic N) is 1. The second kappa shape index (κ2) is 11.0. The van der Waals surface area contributed by atoms with E-state index in [0.29, 0.717) is 0 Å². The largest absolute Gasteiger partial charge is 0.310 e. The summed E-state index contributed by atoms with van der Waals surface area (Å²) in [5.74, 6) is 0. The Bertz CT molecular complexity index is 2510. The van der Waals surface area contributed by atoms with Gasteiger partial charge in [-0.05, 0) is 86.9 Å². The summed E-state index contributed by atoms with van der Waals surface area (Å²) in [6.45, 7) is 0. The zero-order valence-corrected chi connectivity index (χ0v) is 25.9. The number of benzene rings is 8. The lowest BCUT2D eigenvalue weighted by Crippen LogP contribution is -2.10. The molecule has 216 valence electrons. The molecule has 1 nitrogen and oxygen atoms in total. The molecule has 46 heavy (non-hydrogen) atoms. The number of fused-ring (bicyclic) bond motifs is 5. The Kier molecular flexibility index (Phi) is 6.40. The van der Waals surface area contributed by atoms with Crippen LogP contribution in [0.25, 0.3) is 64.0 Å². The third-order valence-corrected chi connectivity index (χ3v) is 10.2. The van der Waals surface area contributed by atoms with E-state index in [9.17, 15) is 0 Å². The zero-order valence-electron chi connectivity index (χ0n) is 25.1. The fourth-order valence-electron chi connectivity index (χ4n) is 6.80. The Hall–Kier alpha value is -5.70. The molecule has 0 N–H and O–H groups in total. The van der Waals surface area contributed by atoms with Crippen molar-refractivity contribution in [3.63, 3.8) is 0 Å². The van der Waals surface area contributed by atoms with Gasteiger partial charge in [0.25, 0.3) is 0 Å². The van der Waals surface area contributed by atoms with Crippen LogP contribution in [0.5, 0.6) is 0 Å². The van der Waals surface area contributed by atoms with Crippen LogP contribution in [0.1, 0.15) is 0 Å². The molecule has 0 aliphatic carbocycles. The van der Waals surface area contributed by atoms with Crippen LogP contribution in [-0.4, -0.2) is 0 Å². The predicted octanol–water partition coefficient (Wildman–Crippen LogP) is 13.2. The van der Waals surface area contributed by atoms with Gasteiger partial charge in [-0.15, -0.1) is 11.3 Å². The van der Waals surface area contributed by atoms with Crippen LogP contribution in [-0.2, 0) is 0 Å². The second-order valence-electron chi connectivity index (χ2n) is 11.8. The topological polar surface area (TPSA) is 3.24 Å². The van der Waals surface area contributed by atoms with Crippen LogP contribution in [0.4, 0.5) is 17.1 Å². The number of thiophene rings is 1. The van der Waals surface area contributed by atoms with E-state index in [2.05, 4.69) is 181 Å². The van der Waals surface area contributed by atoms with Crippen molar-refractivity contribution in [2.24, 2.45) is 0 Å². The molecular weight excluding hydrogens is 575 g/mol. The molecule has 0 radical (unpaired) electrons. The normalized spacial score (nSPS) is 11.5. The van der Waals surface area contributed by atoms with Crippen molar-refractivity contribution in [3.05, 3.63) is 176 Å². The number of hydrogen-bond donors (Lipinski definition) is 0. The molecule has 1 aromatic heterocycles. The maximum atomic E-state index is 2.42. The van der Waals surface area contributed by atoms with Gasteiger partial charge in [0, 0.05) is 36.9 Å². The first kappa shape index (κ1) is 26.7.